The van der Waals surface area contributed by atoms with Crippen molar-refractivity contribution < 1.29 is 82.5 Å². The third-order valence-corrected chi connectivity index (χ3v) is 6.69. The maximum Gasteiger partial charge on any atom is 0.631 e. The maximum atomic E-state index is 13.2. The van der Waals surface area contributed by atoms with Crippen LogP contribution in [0.2, 0.25) is 10.0 Å². The Morgan fingerprint density at radius 2 is 1.35 bits per heavy atom. The molecule has 0 radical (unpaired) electrons. The molecule has 0 fully saturated rings. The Kier molecular flexibility index (Phi) is 19.2. The van der Waals surface area contributed by atoms with Crippen molar-refractivity contribution in [2.75, 3.05) is 0 Å². The molecule has 22 heteroatoms. The molecule has 9 N–H and O–H groups in total. The molecule has 282 valence electrons. The van der Waals surface area contributed by atoms with Crippen LogP contribution in [0, 0.1) is 5.92 Å². The Labute approximate surface area is 297 Å². The van der Waals surface area contributed by atoms with E-state index in [0.29, 0.717) is 5.56 Å². The van der Waals surface area contributed by atoms with Crippen molar-refractivity contribution in [2.45, 2.75) is 63.8 Å². The van der Waals surface area contributed by atoms with Gasteiger partial charge in [0, 0.05) is 11.4 Å². The van der Waals surface area contributed by atoms with Crippen LogP contribution >= 0.6 is 23.2 Å². The molecule has 2 rings (SSSR count). The number of carboxylic acids is 4. The zero-order valence-electron chi connectivity index (χ0n) is 26.7. The second-order valence-electron chi connectivity index (χ2n) is 10.8. The van der Waals surface area contributed by atoms with Crippen LogP contribution < -0.4 is 5.43 Å². The van der Waals surface area contributed by atoms with Crippen LogP contribution in [0.4, 0.5) is 13.2 Å². The number of hydrogen-bond acceptors (Lipinski definition) is 10. The molecule has 2 aromatic carbocycles. The lowest BCUT2D eigenvalue weighted by Crippen LogP contribution is -2.55. The number of aryl methyl sites for hydroxylation is 1. The highest BCUT2D eigenvalue weighted by molar-refractivity contribution is 6.35. The van der Waals surface area contributed by atoms with Crippen molar-refractivity contribution in [3.8, 4) is 0 Å². The monoisotopic (exact) mass is 772 g/mol. The molecule has 0 unspecified atom stereocenters. The molecule has 0 bridgehead atoms. The second-order valence-corrected chi connectivity index (χ2v) is 11.7. The summed E-state index contributed by atoms with van der Waals surface area (Å²) in [5.74, 6) is -8.03. The molecule has 0 saturated carbocycles. The number of carbonyl (C=O) groups is 6. The average molecular weight is 773 g/mol. The van der Waals surface area contributed by atoms with Gasteiger partial charge in [0.2, 0.25) is 5.91 Å². The zero-order valence-corrected chi connectivity index (χ0v) is 28.2. The van der Waals surface area contributed by atoms with Crippen LogP contribution in [0.1, 0.15) is 61.0 Å². The summed E-state index contributed by atoms with van der Waals surface area (Å²) in [5, 5.41) is 66.0. The van der Waals surface area contributed by atoms with Gasteiger partial charge in [0.1, 0.15) is 0 Å². The summed E-state index contributed by atoms with van der Waals surface area (Å²) in [4.78, 5) is 68.2. The summed E-state index contributed by atoms with van der Waals surface area (Å²) in [7, 11) is -2.17. The first-order chi connectivity index (χ1) is 23.3. The minimum atomic E-state index is -4.47. The summed E-state index contributed by atoms with van der Waals surface area (Å²) in [5.41, 5.74) is -0.835. The number of alkyl halides is 3. The predicted molar refractivity (Wildman–Crippen MR) is 171 cm³/mol. The van der Waals surface area contributed by atoms with E-state index in [0.717, 1.165) is 17.1 Å². The smallest absolute Gasteiger partial charge is 0.481 e. The number of hydrogen-bond donors (Lipinski definition) is 9. The number of halogens is 5. The second kappa shape index (κ2) is 21.0. The Balaban J connectivity index is 0.00000122. The minimum absolute atomic E-state index is 0.0205. The van der Waals surface area contributed by atoms with Crippen molar-refractivity contribution in [3.05, 3.63) is 69.2 Å². The lowest BCUT2D eigenvalue weighted by Gasteiger charge is -2.30. The van der Waals surface area contributed by atoms with Gasteiger partial charge in [0.05, 0.1) is 29.0 Å². The van der Waals surface area contributed by atoms with Gasteiger partial charge in [-0.2, -0.15) is 13.2 Å². The Morgan fingerprint density at radius 3 is 1.75 bits per heavy atom. The van der Waals surface area contributed by atoms with Crippen molar-refractivity contribution in [1.29, 1.82) is 0 Å². The highest BCUT2D eigenvalue weighted by Crippen LogP contribution is 2.29. The summed E-state index contributed by atoms with van der Waals surface area (Å²) in [6.45, 7) is 3.52. The number of carbonyl (C=O) groups excluding carboxylic acids is 2. The molecule has 0 heterocycles. The maximum absolute atomic E-state index is 13.2. The van der Waals surface area contributed by atoms with Crippen LogP contribution in [-0.4, -0.2) is 100 Å². The van der Waals surface area contributed by atoms with Gasteiger partial charge in [-0.15, -0.1) is 0 Å². The number of rotatable bonds is 13. The quantitative estimate of drug-likeness (QED) is 0.104. The number of nitrogens with zero attached hydrogens (tertiary/aromatic N) is 1. The summed E-state index contributed by atoms with van der Waals surface area (Å²) in [6, 6.07) is 7.03. The van der Waals surface area contributed by atoms with Gasteiger partial charge in [-0.05, 0) is 54.7 Å². The molecule has 0 saturated heterocycles. The molecule has 16 nitrogen and oxygen atoms in total. The van der Waals surface area contributed by atoms with Gasteiger partial charge < -0.3 is 40.6 Å². The van der Waals surface area contributed by atoms with Crippen LogP contribution in [0.15, 0.2) is 42.5 Å². The SMILES string of the molecule is CC(C)C[C@@H](C(=O)O)N(NC(=O)CCc1ccc(C(F)(F)F)cc1)C(=O)c1cc(Cl)ccc1Cl.O=C(O)CC(O)(CC(=O)O)C(=O)O.OB(O)O. The number of hydrazine groups is 1. The number of aliphatic hydroxyl groups is 1. The fourth-order valence-corrected chi connectivity index (χ4v) is 4.22. The number of nitrogens with one attached hydrogen (secondary N) is 1. The Bertz CT molecular complexity index is 1510. The van der Waals surface area contributed by atoms with Gasteiger partial charge in [0.15, 0.2) is 11.6 Å². The van der Waals surface area contributed by atoms with E-state index in [2.05, 4.69) is 5.43 Å². The fourth-order valence-electron chi connectivity index (χ4n) is 3.85. The molecule has 2 aromatic rings. The minimum Gasteiger partial charge on any atom is -0.481 e. The molecular formula is C29H34BCl2F3N2O14. The Morgan fingerprint density at radius 1 is 0.863 bits per heavy atom. The van der Waals surface area contributed by atoms with E-state index in [1.165, 1.54) is 30.3 Å². The van der Waals surface area contributed by atoms with E-state index in [4.69, 9.17) is 58.7 Å². The predicted octanol–water partition coefficient (Wildman–Crippen LogP) is 2.32. The topological polar surface area (TPSA) is 280 Å². The van der Waals surface area contributed by atoms with Gasteiger partial charge in [-0.1, -0.05) is 49.2 Å². The first kappa shape index (κ1) is 46.5. The molecule has 0 aromatic heterocycles. The van der Waals surface area contributed by atoms with Crippen molar-refractivity contribution >= 4 is 66.2 Å². The molecule has 2 amide bonds. The molecule has 0 aliphatic heterocycles. The first-order valence-electron chi connectivity index (χ1n) is 14.2. The van der Waals surface area contributed by atoms with Gasteiger partial charge in [-0.3, -0.25) is 24.6 Å². The molecule has 1 atom stereocenters. The molecule has 0 aliphatic carbocycles. The van der Waals surface area contributed by atoms with E-state index in [1.54, 1.807) is 13.8 Å². The van der Waals surface area contributed by atoms with Crippen LogP contribution in [0.25, 0.3) is 0 Å². The summed E-state index contributed by atoms with van der Waals surface area (Å²) in [6.07, 6.45) is -6.85. The largest absolute Gasteiger partial charge is 0.631 e. The van der Waals surface area contributed by atoms with Crippen molar-refractivity contribution in [3.63, 3.8) is 0 Å². The number of aliphatic carboxylic acids is 4. The number of carboxylic acid groups (broad SMARTS) is 4. The fraction of sp³-hybridized carbons (Fsp3) is 0.379. The van der Waals surface area contributed by atoms with E-state index in [1.807, 2.05) is 0 Å². The van der Waals surface area contributed by atoms with E-state index in [-0.39, 0.29) is 40.8 Å². The van der Waals surface area contributed by atoms with Gasteiger partial charge >= 0.3 is 37.4 Å². The van der Waals surface area contributed by atoms with Gasteiger partial charge in [0.25, 0.3) is 5.91 Å². The standard InChI is InChI=1S/C23H23Cl2F3N2O4.C6H8O7.BH3O3/c1-13(2)11-19(22(33)34)30(21(32)17-12-16(24)8-9-18(17)25)29-20(31)10-5-14-3-6-15(7-4-14)23(26,27)28;7-3(8)1-6(13,5(11)12)2-4(9)10;2-1(3)4/h3-4,6-9,12-13,19H,5,10-11H2,1-2H3,(H,29,31)(H,33,34);13H,1-2H2,(H,7,8)(H,9,10)(H,11,12);2-4H/t19-;;/m0../s1. The third kappa shape index (κ3) is 17.8. The third-order valence-electron chi connectivity index (χ3n) is 6.12. The van der Waals surface area contributed by atoms with Gasteiger partial charge in [-0.25, -0.2) is 14.6 Å². The van der Waals surface area contributed by atoms with Crippen LogP contribution in [0.5, 0.6) is 0 Å². The van der Waals surface area contributed by atoms with E-state index >= 15 is 0 Å². The summed E-state index contributed by atoms with van der Waals surface area (Å²) >= 11 is 12.1. The molecule has 0 spiro atoms. The normalized spacial score (nSPS) is 11.5. The van der Waals surface area contributed by atoms with E-state index < -0.39 is 79.2 Å². The van der Waals surface area contributed by atoms with Crippen molar-refractivity contribution in [1.82, 2.24) is 10.4 Å². The highest BCUT2D eigenvalue weighted by Gasteiger charge is 2.41. The van der Waals surface area contributed by atoms with Crippen molar-refractivity contribution in [2.24, 2.45) is 5.92 Å². The van der Waals surface area contributed by atoms with Crippen LogP contribution in [-0.2, 0) is 36.6 Å². The molecular weight excluding hydrogens is 739 g/mol. The average Bonchev–Trinajstić information content (AvgIpc) is 2.97. The molecule has 0 aliphatic rings. The first-order valence-corrected chi connectivity index (χ1v) is 15.0. The number of benzene rings is 2. The lowest BCUT2D eigenvalue weighted by molar-refractivity contribution is -0.170. The highest BCUT2D eigenvalue weighted by atomic mass is 35.5. The summed E-state index contributed by atoms with van der Waals surface area (Å²) < 4.78 is 38.1. The van der Waals surface area contributed by atoms with Crippen LogP contribution in [0.3, 0.4) is 0 Å². The van der Waals surface area contributed by atoms with E-state index in [9.17, 15) is 47.0 Å². The lowest BCUT2D eigenvalue weighted by atomic mass is 9.96. The number of amides is 2. The molecule has 51 heavy (non-hydrogen) atoms. The zero-order chi connectivity index (χ0) is 39.9. The Hall–Kier alpha value is -4.47.